The molecule has 0 N–H and O–H groups in total. The van der Waals surface area contributed by atoms with E-state index in [2.05, 4.69) is 18.7 Å². The van der Waals surface area contributed by atoms with Crippen LogP contribution in [0, 0.1) is 5.92 Å². The van der Waals surface area contributed by atoms with E-state index in [0.717, 1.165) is 38.7 Å². The lowest BCUT2D eigenvalue weighted by atomic mass is 10.1. The molecule has 0 aromatic heterocycles. The van der Waals surface area contributed by atoms with E-state index >= 15 is 0 Å². The molecular weight excluding hydrogens is 259 g/mol. The first-order valence-electron chi connectivity index (χ1n) is 7.29. The maximum Gasteiger partial charge on any atom is 0.240 e. The highest BCUT2D eigenvalue weighted by Crippen LogP contribution is 2.13. The molecule has 2 unspecified atom stereocenters. The molecule has 2 atom stereocenters. The van der Waals surface area contributed by atoms with Crippen molar-refractivity contribution >= 4 is 14.2 Å². The number of likely N-dealkylation sites (N-methyl/N-ethyl adjacent to an activating group) is 1. The quantitative estimate of drug-likeness (QED) is 0.675. The van der Waals surface area contributed by atoms with Crippen LogP contribution in [-0.2, 0) is 4.74 Å². The lowest BCUT2D eigenvalue weighted by Crippen LogP contribution is -2.47. The predicted molar refractivity (Wildman–Crippen MR) is 82.5 cm³/mol. The van der Waals surface area contributed by atoms with Crippen LogP contribution in [0.15, 0.2) is 0 Å². The van der Waals surface area contributed by atoms with E-state index in [0.29, 0.717) is 8.58 Å². The van der Waals surface area contributed by atoms with E-state index < -0.39 is 0 Å². The Labute approximate surface area is 119 Å². The van der Waals surface area contributed by atoms with Gasteiger partial charge >= 0.3 is 0 Å². The Bertz CT molecular complexity index is 274. The number of carbonyl (C=O) groups excluding carboxylic acids is 1. The minimum atomic E-state index is 0.179. The molecule has 112 valence electrons. The molecule has 1 rings (SSSR count). The Morgan fingerprint density at radius 3 is 2.89 bits per heavy atom. The van der Waals surface area contributed by atoms with Crippen LogP contribution in [0.5, 0.6) is 0 Å². The molecule has 0 bridgehead atoms. The van der Waals surface area contributed by atoms with Gasteiger partial charge in [-0.3, -0.25) is 9.69 Å². The van der Waals surface area contributed by atoms with Crippen molar-refractivity contribution in [2.75, 3.05) is 46.5 Å². The van der Waals surface area contributed by atoms with Crippen molar-refractivity contribution in [2.45, 2.75) is 32.8 Å². The molecule has 0 saturated carbocycles. The third-order valence-electron chi connectivity index (χ3n) is 3.52. The second-order valence-electron chi connectivity index (χ2n) is 5.77. The molecule has 4 nitrogen and oxygen atoms in total. The van der Waals surface area contributed by atoms with Gasteiger partial charge in [0.2, 0.25) is 5.65 Å². The Morgan fingerprint density at radius 1 is 1.53 bits per heavy atom. The predicted octanol–water partition coefficient (Wildman–Crippen LogP) is 2.48. The number of hydrogen-bond acceptors (Lipinski definition) is 3. The number of amides is 1. The molecule has 1 saturated heterocycles. The molecule has 0 radical (unpaired) electrons. The lowest BCUT2D eigenvalue weighted by molar-refractivity contribution is -0.0360. The second kappa shape index (κ2) is 8.89. The number of carbonyl (C=O) groups is 1. The number of rotatable bonds is 7. The molecule has 1 heterocycles. The number of nitrogens with zero attached hydrogens (tertiary/aromatic N) is 2. The number of morpholine rings is 1. The van der Waals surface area contributed by atoms with E-state index in [1.54, 1.807) is 4.90 Å². The first-order valence-corrected chi connectivity index (χ1v) is 8.79. The van der Waals surface area contributed by atoms with Gasteiger partial charge in [-0.15, -0.1) is 0 Å². The standard InChI is InChI=1S/C14H29N2O2P/c1-12(2)6-5-7-16-8-9-18-13(11-16)10-15(3)14(17)19-4/h12-13,19H,5-11H2,1-4H3. The maximum absolute atomic E-state index is 11.6. The maximum atomic E-state index is 11.6. The van der Waals surface area contributed by atoms with E-state index in [-0.39, 0.29) is 11.8 Å². The summed E-state index contributed by atoms with van der Waals surface area (Å²) in [5.41, 5.74) is 0.223. The summed E-state index contributed by atoms with van der Waals surface area (Å²) in [5, 5.41) is 0. The Hall–Kier alpha value is -0.180. The van der Waals surface area contributed by atoms with E-state index in [9.17, 15) is 4.79 Å². The van der Waals surface area contributed by atoms with Crippen molar-refractivity contribution in [1.29, 1.82) is 0 Å². The third kappa shape index (κ3) is 6.69. The summed E-state index contributed by atoms with van der Waals surface area (Å²) >= 11 is 0. The molecule has 19 heavy (non-hydrogen) atoms. The van der Waals surface area contributed by atoms with Gasteiger partial charge in [0, 0.05) is 26.7 Å². The van der Waals surface area contributed by atoms with Crippen LogP contribution < -0.4 is 0 Å². The van der Waals surface area contributed by atoms with Crippen molar-refractivity contribution in [3.05, 3.63) is 0 Å². The summed E-state index contributed by atoms with van der Waals surface area (Å²) in [5.74, 6) is 0.783. The third-order valence-corrected chi connectivity index (χ3v) is 4.33. The van der Waals surface area contributed by atoms with Crippen LogP contribution in [0.25, 0.3) is 0 Å². The van der Waals surface area contributed by atoms with Gasteiger partial charge in [0.25, 0.3) is 0 Å². The smallest absolute Gasteiger partial charge is 0.240 e. The average Bonchev–Trinajstić information content (AvgIpc) is 2.37. The van der Waals surface area contributed by atoms with Gasteiger partial charge in [0.05, 0.1) is 12.7 Å². The molecule has 5 heteroatoms. The minimum Gasteiger partial charge on any atom is -0.374 e. The van der Waals surface area contributed by atoms with Crippen LogP contribution in [0.2, 0.25) is 0 Å². The van der Waals surface area contributed by atoms with Crippen molar-refractivity contribution in [3.63, 3.8) is 0 Å². The first kappa shape index (κ1) is 16.9. The summed E-state index contributed by atoms with van der Waals surface area (Å²) in [6.07, 6.45) is 2.73. The molecule has 1 fully saturated rings. The zero-order valence-electron chi connectivity index (χ0n) is 12.8. The van der Waals surface area contributed by atoms with Gasteiger partial charge in [-0.05, 0) is 40.5 Å². The molecule has 0 spiro atoms. The van der Waals surface area contributed by atoms with Crippen LogP contribution in [0.3, 0.4) is 0 Å². The first-order chi connectivity index (χ1) is 9.02. The number of hydrogen-bond donors (Lipinski definition) is 0. The summed E-state index contributed by atoms with van der Waals surface area (Å²) in [6, 6.07) is 0. The summed E-state index contributed by atoms with van der Waals surface area (Å²) in [7, 11) is 2.22. The highest BCUT2D eigenvalue weighted by molar-refractivity contribution is 7.56. The van der Waals surface area contributed by atoms with Crippen molar-refractivity contribution in [2.24, 2.45) is 5.92 Å². The normalized spacial score (nSPS) is 21.4. The van der Waals surface area contributed by atoms with Gasteiger partial charge in [-0.2, -0.15) is 0 Å². The van der Waals surface area contributed by atoms with E-state index in [4.69, 9.17) is 4.74 Å². The minimum absolute atomic E-state index is 0.179. The average molecular weight is 288 g/mol. The van der Waals surface area contributed by atoms with E-state index in [1.807, 2.05) is 13.7 Å². The lowest BCUT2D eigenvalue weighted by Gasteiger charge is -2.34. The fourth-order valence-electron chi connectivity index (χ4n) is 2.40. The monoisotopic (exact) mass is 288 g/mol. The molecule has 1 aliphatic rings. The fourth-order valence-corrected chi connectivity index (χ4v) is 2.87. The van der Waals surface area contributed by atoms with Crippen LogP contribution in [0.1, 0.15) is 26.7 Å². The van der Waals surface area contributed by atoms with Gasteiger partial charge in [0.15, 0.2) is 0 Å². The molecule has 1 amide bonds. The summed E-state index contributed by atoms with van der Waals surface area (Å²) in [6.45, 7) is 11.1. The highest BCUT2D eigenvalue weighted by atomic mass is 31.1. The summed E-state index contributed by atoms with van der Waals surface area (Å²) in [4.78, 5) is 15.9. The highest BCUT2D eigenvalue weighted by Gasteiger charge is 2.22. The molecule has 1 aliphatic heterocycles. The second-order valence-corrected chi connectivity index (χ2v) is 6.69. The SMILES string of the molecule is CPC(=O)N(C)CC1CN(CCCC(C)C)CCO1. The van der Waals surface area contributed by atoms with Gasteiger partial charge in [-0.25, -0.2) is 0 Å². The Kier molecular flexibility index (Phi) is 7.89. The Balaban J connectivity index is 2.27. The summed E-state index contributed by atoms with van der Waals surface area (Å²) < 4.78 is 5.77. The largest absolute Gasteiger partial charge is 0.374 e. The van der Waals surface area contributed by atoms with Crippen molar-refractivity contribution in [3.8, 4) is 0 Å². The van der Waals surface area contributed by atoms with Crippen molar-refractivity contribution < 1.29 is 9.53 Å². The number of ether oxygens (including phenoxy) is 1. The molecule has 0 aliphatic carbocycles. The molecule has 0 aromatic carbocycles. The fraction of sp³-hybridized carbons (Fsp3) is 0.929. The zero-order chi connectivity index (χ0) is 14.3. The van der Waals surface area contributed by atoms with Crippen LogP contribution in [0.4, 0.5) is 4.79 Å². The topological polar surface area (TPSA) is 32.8 Å². The van der Waals surface area contributed by atoms with E-state index in [1.165, 1.54) is 12.8 Å². The van der Waals surface area contributed by atoms with Crippen molar-refractivity contribution in [1.82, 2.24) is 9.80 Å². The van der Waals surface area contributed by atoms with Gasteiger partial charge < -0.3 is 9.64 Å². The van der Waals surface area contributed by atoms with Gasteiger partial charge in [0.1, 0.15) is 0 Å². The van der Waals surface area contributed by atoms with Crippen LogP contribution >= 0.6 is 8.58 Å². The van der Waals surface area contributed by atoms with Crippen LogP contribution in [-0.4, -0.2) is 68.1 Å². The zero-order valence-corrected chi connectivity index (χ0v) is 13.8. The molecule has 0 aromatic rings. The Morgan fingerprint density at radius 2 is 2.26 bits per heavy atom. The van der Waals surface area contributed by atoms with Gasteiger partial charge in [-0.1, -0.05) is 13.8 Å². The molecular formula is C14H29N2O2P.